The molecular weight excluding hydrogens is 416 g/mol. The molecule has 5 nitrogen and oxygen atoms in total. The third-order valence-corrected chi connectivity index (χ3v) is 5.43. The maximum Gasteiger partial charge on any atom is 0.519 e. The van der Waals surface area contributed by atoms with Crippen molar-refractivity contribution >= 4 is 12.1 Å². The Morgan fingerprint density at radius 3 is 2.24 bits per heavy atom. The van der Waals surface area contributed by atoms with E-state index in [0.29, 0.717) is 16.9 Å². The van der Waals surface area contributed by atoms with Gasteiger partial charge in [0.15, 0.2) is 0 Å². The van der Waals surface area contributed by atoms with Gasteiger partial charge in [-0.05, 0) is 59.7 Å². The van der Waals surface area contributed by atoms with Crippen LogP contribution in [0.3, 0.4) is 0 Å². The van der Waals surface area contributed by atoms with Crippen LogP contribution in [0.4, 0.5) is 4.79 Å². The van der Waals surface area contributed by atoms with Crippen LogP contribution in [0.5, 0.6) is 11.5 Å². The van der Waals surface area contributed by atoms with Crippen molar-refractivity contribution in [3.8, 4) is 22.6 Å². The third-order valence-electron chi connectivity index (χ3n) is 5.43. The first-order valence-corrected chi connectivity index (χ1v) is 11.1. The summed E-state index contributed by atoms with van der Waals surface area (Å²) in [5, 5.41) is 9.86. The molecular formula is C28H30O5. The highest BCUT2D eigenvalue weighted by Crippen LogP contribution is 2.40. The van der Waals surface area contributed by atoms with Gasteiger partial charge >= 0.3 is 12.1 Å². The molecule has 3 rings (SSSR count). The van der Waals surface area contributed by atoms with Crippen LogP contribution in [-0.2, 0) is 11.8 Å². The normalized spacial score (nSPS) is 11.2. The molecule has 3 aromatic carbocycles. The maximum atomic E-state index is 12.7. The zero-order chi connectivity index (χ0) is 24.2. The van der Waals surface area contributed by atoms with Crippen LogP contribution in [0.2, 0.25) is 0 Å². The Morgan fingerprint density at radius 1 is 0.939 bits per heavy atom. The van der Waals surface area contributed by atoms with Gasteiger partial charge in [-0.25, -0.2) is 9.59 Å². The summed E-state index contributed by atoms with van der Waals surface area (Å²) in [5.74, 6) is -0.397. The van der Waals surface area contributed by atoms with Gasteiger partial charge in [0.1, 0.15) is 11.5 Å². The van der Waals surface area contributed by atoms with E-state index in [-0.39, 0.29) is 16.7 Å². The van der Waals surface area contributed by atoms with E-state index in [1.807, 2.05) is 31.2 Å². The number of benzene rings is 3. The molecule has 0 spiro atoms. The van der Waals surface area contributed by atoms with Gasteiger partial charge in [-0.1, -0.05) is 70.5 Å². The molecule has 0 aliphatic carbocycles. The minimum atomic E-state index is -1.04. The number of rotatable bonds is 6. The molecule has 0 saturated heterocycles. The molecule has 0 aromatic heterocycles. The summed E-state index contributed by atoms with van der Waals surface area (Å²) in [5.41, 5.74) is 3.85. The second kappa shape index (κ2) is 9.90. The van der Waals surface area contributed by atoms with Crippen molar-refractivity contribution in [1.82, 2.24) is 0 Å². The Hall–Kier alpha value is -3.60. The van der Waals surface area contributed by atoms with Crippen LogP contribution < -0.4 is 9.47 Å². The number of hydrogen-bond donors (Lipinski definition) is 1. The quantitative estimate of drug-likeness (QED) is 0.320. The molecule has 0 amide bonds. The summed E-state index contributed by atoms with van der Waals surface area (Å²) in [4.78, 5) is 24.7. The topological polar surface area (TPSA) is 72.8 Å². The molecule has 0 bridgehead atoms. The minimum Gasteiger partial charge on any atom is -0.478 e. The molecule has 0 fully saturated rings. The van der Waals surface area contributed by atoms with E-state index in [0.717, 1.165) is 29.5 Å². The first-order chi connectivity index (χ1) is 15.6. The number of aromatic carboxylic acids is 1. The van der Waals surface area contributed by atoms with E-state index in [4.69, 9.17) is 9.47 Å². The van der Waals surface area contributed by atoms with Gasteiger partial charge in [0.05, 0.1) is 5.56 Å². The lowest BCUT2D eigenvalue weighted by Gasteiger charge is -2.23. The van der Waals surface area contributed by atoms with Crippen molar-refractivity contribution in [2.45, 2.75) is 52.9 Å². The molecule has 0 aliphatic rings. The summed E-state index contributed by atoms with van der Waals surface area (Å²) in [6, 6.07) is 17.8. The van der Waals surface area contributed by atoms with Crippen molar-refractivity contribution in [1.29, 1.82) is 0 Å². The number of aryl methyl sites for hydroxylation is 2. The van der Waals surface area contributed by atoms with Crippen molar-refractivity contribution in [3.05, 3.63) is 82.9 Å². The number of ether oxygens (including phenoxy) is 2. The Labute approximate surface area is 195 Å². The Balaban J connectivity index is 2.16. The van der Waals surface area contributed by atoms with Crippen molar-refractivity contribution < 1.29 is 24.2 Å². The summed E-state index contributed by atoms with van der Waals surface area (Å²) in [6.07, 6.45) is 0.869. The largest absolute Gasteiger partial charge is 0.519 e. The minimum absolute atomic E-state index is 0.155. The van der Waals surface area contributed by atoms with Crippen LogP contribution in [0.15, 0.2) is 60.7 Å². The van der Waals surface area contributed by atoms with E-state index in [1.54, 1.807) is 36.4 Å². The number of hydrogen-bond acceptors (Lipinski definition) is 4. The average Bonchev–Trinajstić information content (AvgIpc) is 2.73. The summed E-state index contributed by atoms with van der Waals surface area (Å²) in [6.45, 7) is 10.2. The van der Waals surface area contributed by atoms with E-state index < -0.39 is 12.1 Å². The van der Waals surface area contributed by atoms with Gasteiger partial charge in [-0.3, -0.25) is 0 Å². The third kappa shape index (κ3) is 5.80. The van der Waals surface area contributed by atoms with E-state index in [1.165, 1.54) is 0 Å². The van der Waals surface area contributed by atoms with Crippen molar-refractivity contribution in [3.63, 3.8) is 0 Å². The van der Waals surface area contributed by atoms with E-state index >= 15 is 0 Å². The number of carbonyl (C=O) groups excluding carboxylic acids is 1. The van der Waals surface area contributed by atoms with Crippen LogP contribution in [0.25, 0.3) is 11.1 Å². The Bertz CT molecular complexity index is 1160. The van der Waals surface area contributed by atoms with E-state index in [9.17, 15) is 14.7 Å². The molecule has 1 N–H and O–H groups in total. The summed E-state index contributed by atoms with van der Waals surface area (Å²) in [7, 11) is 0. The first-order valence-electron chi connectivity index (χ1n) is 11.1. The molecule has 0 atom stereocenters. The SMILES string of the molecule is CCCc1ccc(C(=O)O)c(-c2c(C)cc(C(C)(C)C)cc2OC(=O)Oc2ccccc2)c1. The number of para-hydroxylation sites is 1. The second-order valence-electron chi connectivity index (χ2n) is 9.12. The number of carbonyl (C=O) groups is 2. The highest BCUT2D eigenvalue weighted by molar-refractivity contribution is 5.98. The molecule has 0 radical (unpaired) electrons. The predicted octanol–water partition coefficient (Wildman–Crippen LogP) is 7.19. The van der Waals surface area contributed by atoms with Crippen LogP contribution >= 0.6 is 0 Å². The number of carboxylic acid groups (broad SMARTS) is 1. The molecule has 3 aromatic rings. The second-order valence-corrected chi connectivity index (χ2v) is 9.12. The summed E-state index contributed by atoms with van der Waals surface area (Å²) < 4.78 is 11.0. The fourth-order valence-corrected chi connectivity index (χ4v) is 3.74. The Morgan fingerprint density at radius 2 is 1.64 bits per heavy atom. The Kier molecular flexibility index (Phi) is 7.22. The lowest BCUT2D eigenvalue weighted by molar-refractivity contribution is 0.0697. The van der Waals surface area contributed by atoms with Crippen LogP contribution in [-0.4, -0.2) is 17.2 Å². The zero-order valence-corrected chi connectivity index (χ0v) is 19.8. The summed E-state index contributed by atoms with van der Waals surface area (Å²) >= 11 is 0. The fraction of sp³-hybridized carbons (Fsp3) is 0.286. The van der Waals surface area contributed by atoms with Gasteiger partial charge in [0.25, 0.3) is 0 Å². The van der Waals surface area contributed by atoms with Crippen molar-refractivity contribution in [2.75, 3.05) is 0 Å². The van der Waals surface area contributed by atoms with Gasteiger partial charge in [0.2, 0.25) is 0 Å². The van der Waals surface area contributed by atoms with Crippen LogP contribution in [0, 0.1) is 6.92 Å². The monoisotopic (exact) mass is 446 g/mol. The van der Waals surface area contributed by atoms with E-state index in [2.05, 4.69) is 27.7 Å². The highest BCUT2D eigenvalue weighted by Gasteiger charge is 2.24. The standard InChI is InChI=1S/C28H30O5/c1-6-10-19-13-14-22(26(29)30)23(16-19)25-18(2)15-20(28(3,4)5)17-24(25)33-27(31)32-21-11-8-7-9-12-21/h7-9,11-17H,6,10H2,1-5H3,(H,29,30). The predicted molar refractivity (Wildman–Crippen MR) is 129 cm³/mol. The molecule has 0 saturated carbocycles. The maximum absolute atomic E-state index is 12.7. The fourth-order valence-electron chi connectivity index (χ4n) is 3.74. The zero-order valence-electron chi connectivity index (χ0n) is 19.8. The highest BCUT2D eigenvalue weighted by atomic mass is 16.7. The molecule has 33 heavy (non-hydrogen) atoms. The lowest BCUT2D eigenvalue weighted by Crippen LogP contribution is -2.17. The van der Waals surface area contributed by atoms with Gasteiger partial charge in [-0.15, -0.1) is 0 Å². The molecule has 0 unspecified atom stereocenters. The smallest absolute Gasteiger partial charge is 0.478 e. The average molecular weight is 447 g/mol. The van der Waals surface area contributed by atoms with Gasteiger partial charge in [0, 0.05) is 11.1 Å². The molecule has 5 heteroatoms. The number of carboxylic acids is 1. The molecule has 0 aliphatic heterocycles. The molecule has 0 heterocycles. The first kappa shape index (κ1) is 24.1. The van der Waals surface area contributed by atoms with Gasteiger partial charge in [-0.2, -0.15) is 0 Å². The van der Waals surface area contributed by atoms with Crippen molar-refractivity contribution in [2.24, 2.45) is 0 Å². The molecule has 172 valence electrons. The van der Waals surface area contributed by atoms with Crippen LogP contribution in [0.1, 0.15) is 61.2 Å². The van der Waals surface area contributed by atoms with Gasteiger partial charge < -0.3 is 14.6 Å². The lowest BCUT2D eigenvalue weighted by atomic mass is 9.83.